The van der Waals surface area contributed by atoms with Gasteiger partial charge in [-0.3, -0.25) is 4.79 Å². The van der Waals surface area contributed by atoms with E-state index in [-0.39, 0.29) is 5.91 Å². The van der Waals surface area contributed by atoms with E-state index in [1.807, 2.05) is 0 Å². The van der Waals surface area contributed by atoms with Gasteiger partial charge in [0.25, 0.3) is 0 Å². The lowest BCUT2D eigenvalue weighted by atomic mass is 10.5. The van der Waals surface area contributed by atoms with Crippen molar-refractivity contribution in [3.05, 3.63) is 9.33 Å². The standard InChI is InChI=1S/C6H7IN2O2/c1-3-5(7)6(9-11-3)8-4(2)10/h1-2H3,(H,8,9,10). The number of hydrogen-bond donors (Lipinski definition) is 1. The number of carbonyl (C=O) groups excluding carboxylic acids is 1. The summed E-state index contributed by atoms with van der Waals surface area (Å²) in [5.74, 6) is 1.07. The van der Waals surface area contributed by atoms with E-state index in [2.05, 4.69) is 33.1 Å². The second-order valence-electron chi connectivity index (χ2n) is 2.08. The van der Waals surface area contributed by atoms with Crippen LogP contribution in [0, 0.1) is 10.5 Å². The molecule has 0 saturated carbocycles. The molecule has 0 spiro atoms. The molecule has 0 aliphatic carbocycles. The van der Waals surface area contributed by atoms with Crippen molar-refractivity contribution in [3.63, 3.8) is 0 Å². The fourth-order valence-electron chi connectivity index (χ4n) is 0.605. The van der Waals surface area contributed by atoms with Gasteiger partial charge in [-0.25, -0.2) is 0 Å². The molecule has 5 heteroatoms. The van der Waals surface area contributed by atoms with E-state index in [1.54, 1.807) is 6.92 Å². The van der Waals surface area contributed by atoms with Crippen molar-refractivity contribution < 1.29 is 9.32 Å². The van der Waals surface area contributed by atoms with E-state index in [0.717, 1.165) is 3.57 Å². The van der Waals surface area contributed by atoms with Crippen LogP contribution in [-0.4, -0.2) is 11.1 Å². The van der Waals surface area contributed by atoms with Crippen LogP contribution < -0.4 is 5.32 Å². The van der Waals surface area contributed by atoms with Crippen molar-refractivity contribution in [3.8, 4) is 0 Å². The summed E-state index contributed by atoms with van der Waals surface area (Å²) in [6.07, 6.45) is 0. The maximum atomic E-state index is 10.6. The largest absolute Gasteiger partial charge is 0.358 e. The Morgan fingerprint density at radius 3 is 2.73 bits per heavy atom. The highest BCUT2D eigenvalue weighted by molar-refractivity contribution is 14.1. The lowest BCUT2D eigenvalue weighted by Gasteiger charge is -1.93. The third kappa shape index (κ3) is 1.92. The molecule has 60 valence electrons. The van der Waals surface area contributed by atoms with Crippen molar-refractivity contribution in [2.75, 3.05) is 5.32 Å². The van der Waals surface area contributed by atoms with Crippen LogP contribution in [0.25, 0.3) is 0 Å². The third-order valence-corrected chi connectivity index (χ3v) is 2.36. The number of anilines is 1. The molecule has 0 aliphatic heterocycles. The van der Waals surface area contributed by atoms with E-state index in [4.69, 9.17) is 4.52 Å². The van der Waals surface area contributed by atoms with Crippen molar-refractivity contribution in [2.45, 2.75) is 13.8 Å². The molecule has 0 atom stereocenters. The number of nitrogens with one attached hydrogen (secondary N) is 1. The molecule has 0 aromatic carbocycles. The third-order valence-electron chi connectivity index (χ3n) is 1.09. The smallest absolute Gasteiger partial charge is 0.222 e. The van der Waals surface area contributed by atoms with Crippen LogP contribution in [0.3, 0.4) is 0 Å². The van der Waals surface area contributed by atoms with Gasteiger partial charge >= 0.3 is 0 Å². The Hall–Kier alpha value is -0.590. The molecule has 0 fully saturated rings. The number of nitrogens with zero attached hydrogens (tertiary/aromatic N) is 1. The van der Waals surface area contributed by atoms with Gasteiger partial charge < -0.3 is 9.84 Å². The van der Waals surface area contributed by atoms with Gasteiger partial charge in [-0.2, -0.15) is 0 Å². The monoisotopic (exact) mass is 266 g/mol. The molecule has 0 saturated heterocycles. The molecule has 1 aromatic heterocycles. The minimum atomic E-state index is -0.142. The lowest BCUT2D eigenvalue weighted by Crippen LogP contribution is -2.06. The Labute approximate surface area is 77.5 Å². The second-order valence-corrected chi connectivity index (χ2v) is 3.16. The molecule has 1 heterocycles. The van der Waals surface area contributed by atoms with Crippen LogP contribution in [0.5, 0.6) is 0 Å². The van der Waals surface area contributed by atoms with Gasteiger partial charge in [0.1, 0.15) is 9.33 Å². The number of halogens is 1. The van der Waals surface area contributed by atoms with Gasteiger partial charge in [-0.1, -0.05) is 5.16 Å². The summed E-state index contributed by atoms with van der Waals surface area (Å²) in [7, 11) is 0. The predicted molar refractivity (Wildman–Crippen MR) is 48.3 cm³/mol. The topological polar surface area (TPSA) is 55.1 Å². The molecule has 1 rings (SSSR count). The number of amides is 1. The molecule has 0 aliphatic rings. The van der Waals surface area contributed by atoms with Gasteiger partial charge in [-0.15, -0.1) is 0 Å². The first-order valence-electron chi connectivity index (χ1n) is 3.00. The zero-order chi connectivity index (χ0) is 8.43. The minimum Gasteiger partial charge on any atom is -0.358 e. The average molecular weight is 266 g/mol. The Kier molecular flexibility index (Phi) is 2.48. The molecule has 4 nitrogen and oxygen atoms in total. The van der Waals surface area contributed by atoms with Crippen molar-refractivity contribution in [1.29, 1.82) is 0 Å². The highest BCUT2D eigenvalue weighted by Crippen LogP contribution is 2.19. The number of rotatable bonds is 1. The van der Waals surface area contributed by atoms with E-state index in [1.165, 1.54) is 6.92 Å². The molecule has 0 unspecified atom stereocenters. The Morgan fingerprint density at radius 1 is 1.73 bits per heavy atom. The van der Waals surface area contributed by atoms with Crippen molar-refractivity contribution >= 4 is 34.3 Å². The van der Waals surface area contributed by atoms with E-state index in [0.29, 0.717) is 11.6 Å². The molecule has 1 aromatic rings. The number of carbonyl (C=O) groups is 1. The zero-order valence-electron chi connectivity index (χ0n) is 6.14. The summed E-state index contributed by atoms with van der Waals surface area (Å²) in [5.41, 5.74) is 0. The van der Waals surface area contributed by atoms with Gasteiger partial charge in [-0.05, 0) is 29.5 Å². The van der Waals surface area contributed by atoms with Crippen LogP contribution in [0.15, 0.2) is 4.52 Å². The minimum absolute atomic E-state index is 0.142. The van der Waals surface area contributed by atoms with Crippen molar-refractivity contribution in [1.82, 2.24) is 5.16 Å². The van der Waals surface area contributed by atoms with E-state index >= 15 is 0 Å². The number of aryl methyl sites for hydroxylation is 1. The quantitative estimate of drug-likeness (QED) is 0.784. The Morgan fingerprint density at radius 2 is 2.36 bits per heavy atom. The predicted octanol–water partition coefficient (Wildman–Crippen LogP) is 1.55. The molecule has 0 bridgehead atoms. The number of aromatic nitrogens is 1. The van der Waals surface area contributed by atoms with Gasteiger partial charge in [0.05, 0.1) is 0 Å². The molecule has 11 heavy (non-hydrogen) atoms. The summed E-state index contributed by atoms with van der Waals surface area (Å²) in [5, 5.41) is 6.18. The first-order chi connectivity index (χ1) is 5.11. The normalized spacial score (nSPS) is 9.73. The molecular weight excluding hydrogens is 259 g/mol. The highest BCUT2D eigenvalue weighted by atomic mass is 127. The number of hydrogen-bond acceptors (Lipinski definition) is 3. The fourth-order valence-corrected chi connectivity index (χ4v) is 0.937. The van der Waals surface area contributed by atoms with Gasteiger partial charge in [0.2, 0.25) is 5.91 Å². The summed E-state index contributed by atoms with van der Waals surface area (Å²) in [6, 6.07) is 0. The average Bonchev–Trinajstić information content (AvgIpc) is 2.18. The molecule has 0 radical (unpaired) electrons. The molecule has 1 amide bonds. The summed E-state index contributed by atoms with van der Waals surface area (Å²) >= 11 is 2.06. The SMILES string of the molecule is CC(=O)Nc1noc(C)c1I. The van der Waals surface area contributed by atoms with Crippen LogP contribution >= 0.6 is 22.6 Å². The first kappa shape index (κ1) is 8.51. The maximum absolute atomic E-state index is 10.6. The van der Waals surface area contributed by atoms with Crippen LogP contribution in [-0.2, 0) is 4.79 Å². The summed E-state index contributed by atoms with van der Waals surface area (Å²) < 4.78 is 5.67. The Balaban J connectivity index is 2.87. The first-order valence-corrected chi connectivity index (χ1v) is 4.08. The maximum Gasteiger partial charge on any atom is 0.222 e. The molecular formula is C6H7IN2O2. The Bertz CT molecular complexity index is 282. The second kappa shape index (κ2) is 3.21. The summed E-state index contributed by atoms with van der Waals surface area (Å²) in [6.45, 7) is 3.22. The van der Waals surface area contributed by atoms with Crippen molar-refractivity contribution in [2.24, 2.45) is 0 Å². The summed E-state index contributed by atoms with van der Waals surface area (Å²) in [4.78, 5) is 10.6. The zero-order valence-corrected chi connectivity index (χ0v) is 8.30. The highest BCUT2D eigenvalue weighted by Gasteiger charge is 2.09. The fraction of sp³-hybridized carbons (Fsp3) is 0.333. The van der Waals surface area contributed by atoms with E-state index in [9.17, 15) is 4.79 Å². The van der Waals surface area contributed by atoms with Gasteiger partial charge in [0.15, 0.2) is 5.82 Å². The van der Waals surface area contributed by atoms with Gasteiger partial charge in [0, 0.05) is 6.92 Å². The lowest BCUT2D eigenvalue weighted by molar-refractivity contribution is -0.114. The van der Waals surface area contributed by atoms with Crippen LogP contribution in [0.2, 0.25) is 0 Å². The van der Waals surface area contributed by atoms with Crippen LogP contribution in [0.4, 0.5) is 5.82 Å². The van der Waals surface area contributed by atoms with E-state index < -0.39 is 0 Å². The molecule has 1 N–H and O–H groups in total. The van der Waals surface area contributed by atoms with Crippen LogP contribution in [0.1, 0.15) is 12.7 Å².